The Hall–Kier alpha value is -0.930. The minimum absolute atomic E-state index is 0.520. The fraction of sp³-hybridized carbons (Fsp3) is 0.643. The molecule has 0 bridgehead atoms. The normalized spacial score (nSPS) is 13.4. The molecule has 3 nitrogen and oxygen atoms in total. The van der Waals surface area contributed by atoms with Gasteiger partial charge in [-0.25, -0.2) is 0 Å². The molecule has 0 aliphatic rings. The van der Waals surface area contributed by atoms with Gasteiger partial charge in [-0.2, -0.15) is 0 Å². The van der Waals surface area contributed by atoms with E-state index in [1.165, 1.54) is 5.56 Å². The van der Waals surface area contributed by atoms with E-state index in [9.17, 15) is 0 Å². The maximum absolute atomic E-state index is 4.31. The molecule has 3 heteroatoms. The SMILES string of the molecule is Cc1ccc(CNC(CN(C)C)C(C)C)cn1. The molecule has 0 saturated carbocycles. The molecule has 1 N–H and O–H groups in total. The third kappa shape index (κ3) is 5.29. The van der Waals surface area contributed by atoms with E-state index < -0.39 is 0 Å². The summed E-state index contributed by atoms with van der Waals surface area (Å²) in [6, 6.07) is 4.72. The average molecular weight is 235 g/mol. The van der Waals surface area contributed by atoms with Crippen molar-refractivity contribution in [2.24, 2.45) is 5.92 Å². The van der Waals surface area contributed by atoms with Crippen LogP contribution in [0.15, 0.2) is 18.3 Å². The van der Waals surface area contributed by atoms with Crippen LogP contribution in [0, 0.1) is 12.8 Å². The molecule has 0 aliphatic carbocycles. The van der Waals surface area contributed by atoms with E-state index in [4.69, 9.17) is 0 Å². The first-order valence-electron chi connectivity index (χ1n) is 6.28. The van der Waals surface area contributed by atoms with Crippen LogP contribution in [0.4, 0.5) is 0 Å². The minimum atomic E-state index is 0.520. The summed E-state index contributed by atoms with van der Waals surface area (Å²) in [5.41, 5.74) is 2.32. The molecule has 1 unspecified atom stereocenters. The number of aryl methyl sites for hydroxylation is 1. The van der Waals surface area contributed by atoms with Gasteiger partial charge in [0, 0.05) is 31.0 Å². The molecule has 1 aromatic rings. The van der Waals surface area contributed by atoms with Crippen molar-refractivity contribution >= 4 is 0 Å². The summed E-state index contributed by atoms with van der Waals surface area (Å²) in [4.78, 5) is 6.54. The molecule has 0 aliphatic heterocycles. The number of pyridine rings is 1. The van der Waals surface area contributed by atoms with Crippen LogP contribution in [0.3, 0.4) is 0 Å². The van der Waals surface area contributed by atoms with Gasteiger partial charge in [-0.15, -0.1) is 0 Å². The Kier molecular flexibility index (Phi) is 5.59. The number of likely N-dealkylation sites (N-methyl/N-ethyl adjacent to an activating group) is 1. The number of nitrogens with one attached hydrogen (secondary N) is 1. The summed E-state index contributed by atoms with van der Waals surface area (Å²) in [6.45, 7) is 8.49. The zero-order chi connectivity index (χ0) is 12.8. The molecule has 96 valence electrons. The second-order valence-corrected chi connectivity index (χ2v) is 5.30. The Bertz CT molecular complexity index is 317. The van der Waals surface area contributed by atoms with Gasteiger partial charge in [0.2, 0.25) is 0 Å². The van der Waals surface area contributed by atoms with E-state index in [-0.39, 0.29) is 0 Å². The number of nitrogens with zero attached hydrogens (tertiary/aromatic N) is 2. The highest BCUT2D eigenvalue weighted by molar-refractivity contribution is 5.12. The summed E-state index contributed by atoms with van der Waals surface area (Å²) in [5, 5.41) is 3.60. The lowest BCUT2D eigenvalue weighted by Gasteiger charge is -2.25. The van der Waals surface area contributed by atoms with E-state index in [1.54, 1.807) is 0 Å². The van der Waals surface area contributed by atoms with Gasteiger partial charge in [-0.05, 0) is 38.6 Å². The fourth-order valence-corrected chi connectivity index (χ4v) is 1.76. The number of hydrogen-bond donors (Lipinski definition) is 1. The lowest BCUT2D eigenvalue weighted by molar-refractivity contribution is 0.288. The van der Waals surface area contributed by atoms with Gasteiger partial charge in [0.1, 0.15) is 0 Å². The van der Waals surface area contributed by atoms with Crippen LogP contribution < -0.4 is 5.32 Å². The van der Waals surface area contributed by atoms with Gasteiger partial charge in [0.15, 0.2) is 0 Å². The van der Waals surface area contributed by atoms with E-state index >= 15 is 0 Å². The highest BCUT2D eigenvalue weighted by Gasteiger charge is 2.13. The van der Waals surface area contributed by atoms with Crippen molar-refractivity contribution in [1.82, 2.24) is 15.2 Å². The molecule has 0 radical (unpaired) electrons. The first-order valence-corrected chi connectivity index (χ1v) is 6.28. The van der Waals surface area contributed by atoms with E-state index in [1.807, 2.05) is 13.1 Å². The van der Waals surface area contributed by atoms with Crippen LogP contribution in [0.2, 0.25) is 0 Å². The Labute approximate surface area is 105 Å². The topological polar surface area (TPSA) is 28.2 Å². The van der Waals surface area contributed by atoms with Crippen LogP contribution >= 0.6 is 0 Å². The molecule has 17 heavy (non-hydrogen) atoms. The van der Waals surface area contributed by atoms with Crippen LogP contribution in [0.25, 0.3) is 0 Å². The Morgan fingerprint density at radius 2 is 2.00 bits per heavy atom. The third-order valence-corrected chi connectivity index (χ3v) is 2.91. The van der Waals surface area contributed by atoms with Crippen LogP contribution in [0.5, 0.6) is 0 Å². The van der Waals surface area contributed by atoms with Crippen molar-refractivity contribution in [3.05, 3.63) is 29.6 Å². The molecule has 0 fully saturated rings. The predicted molar refractivity (Wildman–Crippen MR) is 73.0 cm³/mol. The van der Waals surface area contributed by atoms with Crippen LogP contribution in [-0.4, -0.2) is 36.6 Å². The van der Waals surface area contributed by atoms with Gasteiger partial charge in [0.25, 0.3) is 0 Å². The van der Waals surface area contributed by atoms with Gasteiger partial charge in [-0.3, -0.25) is 4.98 Å². The standard InChI is InChI=1S/C14H25N3/c1-11(2)14(10-17(4)5)16-9-13-7-6-12(3)15-8-13/h6-8,11,14,16H,9-10H2,1-5H3. The molecule has 1 heterocycles. The summed E-state index contributed by atoms with van der Waals surface area (Å²) in [5.74, 6) is 0.635. The first-order chi connectivity index (χ1) is 7.99. The fourth-order valence-electron chi connectivity index (χ4n) is 1.76. The zero-order valence-electron chi connectivity index (χ0n) is 11.7. The summed E-state index contributed by atoms with van der Waals surface area (Å²) >= 11 is 0. The quantitative estimate of drug-likeness (QED) is 0.818. The first kappa shape index (κ1) is 14.1. The Balaban J connectivity index is 2.48. The number of rotatable bonds is 6. The second kappa shape index (κ2) is 6.72. The Morgan fingerprint density at radius 1 is 1.29 bits per heavy atom. The molecule has 0 amide bonds. The lowest BCUT2D eigenvalue weighted by Crippen LogP contribution is -2.41. The highest BCUT2D eigenvalue weighted by Crippen LogP contribution is 2.05. The van der Waals surface area contributed by atoms with Gasteiger partial charge >= 0.3 is 0 Å². The van der Waals surface area contributed by atoms with E-state index in [0.717, 1.165) is 18.8 Å². The van der Waals surface area contributed by atoms with Gasteiger partial charge in [-0.1, -0.05) is 19.9 Å². The monoisotopic (exact) mass is 235 g/mol. The third-order valence-electron chi connectivity index (χ3n) is 2.91. The van der Waals surface area contributed by atoms with Crippen molar-refractivity contribution in [2.75, 3.05) is 20.6 Å². The lowest BCUT2D eigenvalue weighted by atomic mass is 10.0. The molecule has 1 atom stereocenters. The number of aromatic nitrogens is 1. The minimum Gasteiger partial charge on any atom is -0.308 e. The predicted octanol–water partition coefficient (Wildman–Crippen LogP) is 2.07. The molecular weight excluding hydrogens is 210 g/mol. The molecule has 1 rings (SSSR count). The summed E-state index contributed by atoms with van der Waals surface area (Å²) in [6.07, 6.45) is 1.95. The summed E-state index contributed by atoms with van der Waals surface area (Å²) in [7, 11) is 4.23. The van der Waals surface area contributed by atoms with Crippen molar-refractivity contribution in [3.63, 3.8) is 0 Å². The van der Waals surface area contributed by atoms with Crippen molar-refractivity contribution in [1.29, 1.82) is 0 Å². The Morgan fingerprint density at radius 3 is 2.47 bits per heavy atom. The molecule has 0 saturated heterocycles. The van der Waals surface area contributed by atoms with Crippen molar-refractivity contribution < 1.29 is 0 Å². The van der Waals surface area contributed by atoms with Crippen LogP contribution in [-0.2, 0) is 6.54 Å². The zero-order valence-corrected chi connectivity index (χ0v) is 11.7. The molecule has 0 spiro atoms. The van der Waals surface area contributed by atoms with E-state index in [2.05, 4.69) is 55.3 Å². The van der Waals surface area contributed by atoms with Gasteiger partial charge in [0.05, 0.1) is 0 Å². The number of hydrogen-bond acceptors (Lipinski definition) is 3. The molecule has 0 aromatic carbocycles. The maximum atomic E-state index is 4.31. The average Bonchev–Trinajstić information content (AvgIpc) is 2.25. The largest absolute Gasteiger partial charge is 0.308 e. The van der Waals surface area contributed by atoms with Crippen LogP contribution in [0.1, 0.15) is 25.1 Å². The maximum Gasteiger partial charge on any atom is 0.0372 e. The second-order valence-electron chi connectivity index (χ2n) is 5.30. The molecule has 1 aromatic heterocycles. The smallest absolute Gasteiger partial charge is 0.0372 e. The van der Waals surface area contributed by atoms with E-state index in [0.29, 0.717) is 12.0 Å². The van der Waals surface area contributed by atoms with Crippen molar-refractivity contribution in [3.8, 4) is 0 Å². The molecular formula is C14H25N3. The highest BCUT2D eigenvalue weighted by atomic mass is 15.1. The van der Waals surface area contributed by atoms with Crippen molar-refractivity contribution in [2.45, 2.75) is 33.4 Å². The summed E-state index contributed by atoms with van der Waals surface area (Å²) < 4.78 is 0. The van der Waals surface area contributed by atoms with Gasteiger partial charge < -0.3 is 10.2 Å².